The summed E-state index contributed by atoms with van der Waals surface area (Å²) in [6.07, 6.45) is 1.54. The van der Waals surface area contributed by atoms with E-state index in [-0.39, 0.29) is 17.3 Å². The third kappa shape index (κ3) is 3.82. The van der Waals surface area contributed by atoms with Gasteiger partial charge >= 0.3 is 11.9 Å². The van der Waals surface area contributed by atoms with Crippen molar-refractivity contribution in [3.05, 3.63) is 106 Å². The predicted molar refractivity (Wildman–Crippen MR) is 125 cm³/mol. The van der Waals surface area contributed by atoms with Crippen LogP contribution in [0.15, 0.2) is 89.6 Å². The highest BCUT2D eigenvalue weighted by Crippen LogP contribution is 2.36. The van der Waals surface area contributed by atoms with Crippen LogP contribution in [0.3, 0.4) is 0 Å². The summed E-state index contributed by atoms with van der Waals surface area (Å²) in [7, 11) is 0. The van der Waals surface area contributed by atoms with Crippen LogP contribution in [0.25, 0.3) is 16.2 Å². The van der Waals surface area contributed by atoms with Crippen LogP contribution in [0.1, 0.15) is 20.8 Å². The fourth-order valence-electron chi connectivity index (χ4n) is 3.24. The Balaban J connectivity index is 1.45. The Bertz CT molecular complexity index is 1420. The summed E-state index contributed by atoms with van der Waals surface area (Å²) in [4.78, 5) is 29.8. The lowest BCUT2D eigenvalue weighted by molar-refractivity contribution is -0.129. The Morgan fingerprint density at radius 1 is 0.969 bits per heavy atom. The summed E-state index contributed by atoms with van der Waals surface area (Å²) in [5.41, 5.74) is 1.33. The smallest absolute Gasteiger partial charge is 0.363 e. The molecule has 5 rings (SSSR count). The molecule has 1 aliphatic heterocycles. The lowest BCUT2D eigenvalue weighted by Gasteiger charge is -2.07. The first-order valence-corrected chi connectivity index (χ1v) is 10.9. The minimum absolute atomic E-state index is 0.118. The van der Waals surface area contributed by atoms with Crippen LogP contribution in [-0.2, 0) is 9.53 Å². The molecule has 1 aromatic heterocycles. The Morgan fingerprint density at radius 3 is 2.50 bits per heavy atom. The number of para-hydroxylation sites is 1. The first-order valence-electron chi connectivity index (χ1n) is 9.66. The standard InChI is InChI=1S/C25H14ClNO4S/c26-21-17-11-5-7-13-20(17)32-22(21)25(29)30-19-12-6-4-10-16(19)14-18-24(28)31-23(27-18)15-8-2-1-3-9-15/h1-14H/b18-14+. The molecule has 5 nitrogen and oxygen atoms in total. The molecule has 7 heteroatoms. The fraction of sp³-hybridized carbons (Fsp3) is 0. The molecule has 2 heterocycles. The van der Waals surface area contributed by atoms with E-state index in [4.69, 9.17) is 21.1 Å². The highest BCUT2D eigenvalue weighted by molar-refractivity contribution is 7.21. The van der Waals surface area contributed by atoms with Crippen molar-refractivity contribution in [1.29, 1.82) is 0 Å². The zero-order valence-corrected chi connectivity index (χ0v) is 18.0. The van der Waals surface area contributed by atoms with E-state index in [1.165, 1.54) is 17.4 Å². The van der Waals surface area contributed by atoms with Crippen LogP contribution in [0, 0.1) is 0 Å². The molecule has 0 aliphatic carbocycles. The number of hydrogen-bond donors (Lipinski definition) is 0. The third-order valence-corrected chi connectivity index (χ3v) is 6.43. The molecule has 0 saturated carbocycles. The molecule has 4 aromatic rings. The Morgan fingerprint density at radius 2 is 1.69 bits per heavy atom. The van der Waals surface area contributed by atoms with E-state index >= 15 is 0 Å². The maximum Gasteiger partial charge on any atom is 0.363 e. The molecule has 0 spiro atoms. The van der Waals surface area contributed by atoms with Crippen molar-refractivity contribution in [1.82, 2.24) is 0 Å². The van der Waals surface area contributed by atoms with Crippen molar-refractivity contribution in [2.45, 2.75) is 0 Å². The molecule has 0 atom stereocenters. The number of aliphatic imine (C=N–C) groups is 1. The van der Waals surface area contributed by atoms with E-state index in [9.17, 15) is 9.59 Å². The van der Waals surface area contributed by atoms with Gasteiger partial charge in [-0.15, -0.1) is 11.3 Å². The molecule has 0 fully saturated rings. The van der Waals surface area contributed by atoms with Gasteiger partial charge in [-0.3, -0.25) is 0 Å². The van der Waals surface area contributed by atoms with E-state index in [0.717, 1.165) is 10.1 Å². The van der Waals surface area contributed by atoms with Crippen molar-refractivity contribution < 1.29 is 19.1 Å². The summed E-state index contributed by atoms with van der Waals surface area (Å²) in [5.74, 6) is -0.620. The van der Waals surface area contributed by atoms with E-state index in [1.807, 2.05) is 42.5 Å². The average Bonchev–Trinajstić information content (AvgIpc) is 3.36. The summed E-state index contributed by atoms with van der Waals surface area (Å²) < 4.78 is 11.8. The van der Waals surface area contributed by atoms with Gasteiger partial charge in [-0.2, -0.15) is 0 Å². The molecular weight excluding hydrogens is 446 g/mol. The Hall–Kier alpha value is -3.74. The largest absolute Gasteiger partial charge is 0.422 e. The molecular formula is C25H14ClNO4S. The SMILES string of the molecule is O=C1OC(c2ccccc2)=N/C1=C/c1ccccc1OC(=O)c1sc2ccccc2c1Cl. The highest BCUT2D eigenvalue weighted by atomic mass is 35.5. The Kier molecular flexibility index (Phi) is 5.31. The molecule has 0 bridgehead atoms. The van der Waals surface area contributed by atoms with Gasteiger partial charge in [-0.05, 0) is 30.3 Å². The van der Waals surface area contributed by atoms with Gasteiger partial charge in [0.2, 0.25) is 5.90 Å². The summed E-state index contributed by atoms with van der Waals surface area (Å²) in [6.45, 7) is 0. The number of rotatable bonds is 4. The molecule has 3 aromatic carbocycles. The van der Waals surface area contributed by atoms with Crippen molar-refractivity contribution in [3.63, 3.8) is 0 Å². The maximum absolute atomic E-state index is 12.9. The zero-order chi connectivity index (χ0) is 22.1. The minimum Gasteiger partial charge on any atom is -0.422 e. The maximum atomic E-state index is 12.9. The third-order valence-electron chi connectivity index (χ3n) is 4.78. The van der Waals surface area contributed by atoms with Crippen LogP contribution in [0.5, 0.6) is 5.75 Å². The van der Waals surface area contributed by atoms with Gasteiger partial charge in [0.1, 0.15) is 10.6 Å². The van der Waals surface area contributed by atoms with Gasteiger partial charge in [-0.1, -0.05) is 66.2 Å². The number of benzene rings is 3. The summed E-state index contributed by atoms with van der Waals surface area (Å²) >= 11 is 7.68. The molecule has 0 N–H and O–H groups in total. The number of halogens is 1. The van der Waals surface area contributed by atoms with E-state index < -0.39 is 11.9 Å². The summed E-state index contributed by atoms with van der Waals surface area (Å²) in [5, 5.41) is 1.17. The summed E-state index contributed by atoms with van der Waals surface area (Å²) in [6, 6.07) is 23.5. The van der Waals surface area contributed by atoms with Crippen molar-refractivity contribution in [2.75, 3.05) is 0 Å². The first-order chi connectivity index (χ1) is 15.6. The number of ether oxygens (including phenoxy) is 2. The molecule has 32 heavy (non-hydrogen) atoms. The van der Waals surface area contributed by atoms with Gasteiger partial charge in [-0.25, -0.2) is 14.6 Å². The number of esters is 2. The second kappa shape index (κ2) is 8.42. The number of carbonyl (C=O) groups is 2. The van der Waals surface area contributed by atoms with Crippen LogP contribution in [0.4, 0.5) is 0 Å². The molecule has 0 amide bonds. The number of cyclic esters (lactones) is 1. The van der Waals surface area contributed by atoms with Crippen molar-refractivity contribution >= 4 is 56.9 Å². The number of fused-ring (bicyclic) bond motifs is 1. The zero-order valence-electron chi connectivity index (χ0n) is 16.4. The number of thiophene rings is 1. The molecule has 156 valence electrons. The second-order valence-electron chi connectivity index (χ2n) is 6.87. The van der Waals surface area contributed by atoms with Crippen LogP contribution >= 0.6 is 22.9 Å². The van der Waals surface area contributed by atoms with Gasteiger partial charge in [0, 0.05) is 21.2 Å². The molecule has 0 saturated heterocycles. The first kappa shape index (κ1) is 20.2. The van der Waals surface area contributed by atoms with Crippen LogP contribution < -0.4 is 4.74 Å². The monoisotopic (exact) mass is 459 g/mol. The Labute approximate surface area is 192 Å². The van der Waals surface area contributed by atoms with E-state index in [0.29, 0.717) is 21.0 Å². The highest BCUT2D eigenvalue weighted by Gasteiger charge is 2.25. The van der Waals surface area contributed by atoms with Crippen LogP contribution in [0.2, 0.25) is 5.02 Å². The lowest BCUT2D eigenvalue weighted by atomic mass is 10.1. The van der Waals surface area contributed by atoms with Gasteiger partial charge < -0.3 is 9.47 Å². The number of nitrogens with zero attached hydrogens (tertiary/aromatic N) is 1. The topological polar surface area (TPSA) is 65.0 Å². The fourth-order valence-corrected chi connectivity index (χ4v) is 4.63. The van der Waals surface area contributed by atoms with Gasteiger partial charge in [0.25, 0.3) is 0 Å². The van der Waals surface area contributed by atoms with Gasteiger partial charge in [0.15, 0.2) is 5.70 Å². The molecule has 0 unspecified atom stereocenters. The number of hydrogen-bond acceptors (Lipinski definition) is 6. The van der Waals surface area contributed by atoms with Crippen LogP contribution in [-0.4, -0.2) is 17.8 Å². The predicted octanol–water partition coefficient (Wildman–Crippen LogP) is 6.12. The molecule has 1 aliphatic rings. The second-order valence-corrected chi connectivity index (χ2v) is 8.30. The van der Waals surface area contributed by atoms with E-state index in [1.54, 1.807) is 36.4 Å². The molecule has 0 radical (unpaired) electrons. The lowest BCUT2D eigenvalue weighted by Crippen LogP contribution is -2.08. The average molecular weight is 460 g/mol. The normalized spacial score (nSPS) is 14.5. The van der Waals surface area contributed by atoms with Crippen molar-refractivity contribution in [3.8, 4) is 5.75 Å². The van der Waals surface area contributed by atoms with E-state index in [2.05, 4.69) is 4.99 Å². The minimum atomic E-state index is -0.572. The van der Waals surface area contributed by atoms with Gasteiger partial charge in [0.05, 0.1) is 5.02 Å². The number of carbonyl (C=O) groups excluding carboxylic acids is 2. The quantitative estimate of drug-likeness (QED) is 0.209. The van der Waals surface area contributed by atoms with Crippen molar-refractivity contribution in [2.24, 2.45) is 4.99 Å².